The Kier molecular flexibility index (Phi) is 4.90. The number of anilines is 1. The average molecular weight is 218 g/mol. The van der Waals surface area contributed by atoms with Crippen molar-refractivity contribution in [3.63, 3.8) is 0 Å². The van der Waals surface area contributed by atoms with E-state index in [1.54, 1.807) is 24.3 Å². The van der Waals surface area contributed by atoms with E-state index in [4.69, 9.17) is 11.2 Å². The van der Waals surface area contributed by atoms with Gasteiger partial charge < -0.3 is 15.4 Å². The smallest absolute Gasteiger partial charge is 0.253 e. The van der Waals surface area contributed by atoms with E-state index in [2.05, 4.69) is 16.6 Å². The Morgan fingerprint density at radius 1 is 1.44 bits per heavy atom. The highest BCUT2D eigenvalue weighted by atomic mass is 16.5. The molecule has 0 unspecified atom stereocenters. The predicted octanol–water partition coefficient (Wildman–Crippen LogP) is 1.07. The van der Waals surface area contributed by atoms with Gasteiger partial charge in [0, 0.05) is 18.4 Å². The zero-order valence-corrected chi connectivity index (χ0v) is 9.12. The Balaban J connectivity index is 2.57. The number of carbonyl (C=O) groups is 1. The molecule has 0 heterocycles. The molecule has 0 aliphatic rings. The lowest BCUT2D eigenvalue weighted by Gasteiger charge is -2.05. The summed E-state index contributed by atoms with van der Waals surface area (Å²) in [7, 11) is 1.52. The third kappa shape index (κ3) is 3.64. The first-order chi connectivity index (χ1) is 7.77. The van der Waals surface area contributed by atoms with Gasteiger partial charge in [0.2, 0.25) is 0 Å². The molecule has 0 fully saturated rings. The highest BCUT2D eigenvalue weighted by Gasteiger charge is 2.03. The minimum Gasteiger partial charge on any atom is -0.374 e. The molecule has 4 heteroatoms. The first kappa shape index (κ1) is 12.1. The van der Waals surface area contributed by atoms with Crippen LogP contribution >= 0.6 is 0 Å². The summed E-state index contributed by atoms with van der Waals surface area (Å²) in [6.07, 6.45) is 5.12. The topological polar surface area (TPSA) is 50.4 Å². The zero-order valence-electron chi connectivity index (χ0n) is 9.12. The summed E-state index contributed by atoms with van der Waals surface area (Å²) in [4.78, 5) is 11.5. The second kappa shape index (κ2) is 6.49. The van der Waals surface area contributed by atoms with Crippen LogP contribution in [0.2, 0.25) is 0 Å². The fourth-order valence-electron chi connectivity index (χ4n) is 1.13. The number of rotatable bonds is 5. The summed E-state index contributed by atoms with van der Waals surface area (Å²) in [6, 6.07) is 7.06. The van der Waals surface area contributed by atoms with Crippen molar-refractivity contribution >= 4 is 11.6 Å². The van der Waals surface area contributed by atoms with Crippen LogP contribution in [0.25, 0.3) is 0 Å². The van der Waals surface area contributed by atoms with E-state index in [0.29, 0.717) is 12.1 Å². The maximum absolute atomic E-state index is 11.5. The van der Waals surface area contributed by atoms with Gasteiger partial charge in [-0.2, -0.15) is 0 Å². The molecular formula is C12H14N2O2. The number of amides is 1. The number of benzene rings is 1. The van der Waals surface area contributed by atoms with Gasteiger partial charge in [0.05, 0.1) is 6.54 Å². The van der Waals surface area contributed by atoms with Crippen LogP contribution in [0.15, 0.2) is 24.3 Å². The number of nitrogens with one attached hydrogen (secondary N) is 2. The molecule has 0 spiro atoms. The summed E-state index contributed by atoms with van der Waals surface area (Å²) in [6.45, 7) is 0.672. The summed E-state index contributed by atoms with van der Waals surface area (Å²) in [5.41, 5.74) is 1.48. The van der Waals surface area contributed by atoms with Crippen LogP contribution in [0, 0.1) is 12.3 Å². The molecule has 0 saturated heterocycles. The largest absolute Gasteiger partial charge is 0.374 e. The van der Waals surface area contributed by atoms with Crippen LogP contribution in [-0.4, -0.2) is 26.3 Å². The van der Waals surface area contributed by atoms with Crippen LogP contribution in [0.1, 0.15) is 10.4 Å². The minimum absolute atomic E-state index is 0.162. The molecule has 16 heavy (non-hydrogen) atoms. The van der Waals surface area contributed by atoms with Crippen LogP contribution in [0.4, 0.5) is 5.69 Å². The van der Waals surface area contributed by atoms with E-state index in [1.165, 1.54) is 7.11 Å². The molecule has 0 saturated carbocycles. The van der Waals surface area contributed by atoms with Gasteiger partial charge in [0.15, 0.2) is 0 Å². The van der Waals surface area contributed by atoms with Gasteiger partial charge in [-0.25, -0.2) is 0 Å². The number of terminal acetylenes is 1. The molecule has 0 radical (unpaired) electrons. The number of ether oxygens (including phenoxy) is 1. The molecule has 1 aromatic rings. The van der Waals surface area contributed by atoms with E-state index in [0.717, 1.165) is 5.69 Å². The Labute approximate surface area is 95.0 Å². The summed E-state index contributed by atoms with van der Waals surface area (Å²) in [5.74, 6) is 2.31. The Bertz CT molecular complexity index is 379. The van der Waals surface area contributed by atoms with Crippen LogP contribution in [0.3, 0.4) is 0 Å². The normalized spacial score (nSPS) is 9.25. The second-order valence-electron chi connectivity index (χ2n) is 3.07. The highest BCUT2D eigenvalue weighted by Crippen LogP contribution is 2.08. The SMILES string of the molecule is C#CCNc1ccc(C(=O)NCOC)cc1. The number of hydrogen-bond acceptors (Lipinski definition) is 3. The molecule has 84 valence electrons. The molecule has 1 rings (SSSR count). The fraction of sp³-hybridized carbons (Fsp3) is 0.250. The quantitative estimate of drug-likeness (QED) is 0.574. The molecular weight excluding hydrogens is 204 g/mol. The lowest BCUT2D eigenvalue weighted by Crippen LogP contribution is -2.25. The summed E-state index contributed by atoms with van der Waals surface area (Å²) >= 11 is 0. The van der Waals surface area contributed by atoms with E-state index >= 15 is 0 Å². The van der Waals surface area contributed by atoms with Crippen molar-refractivity contribution in [1.29, 1.82) is 0 Å². The predicted molar refractivity (Wildman–Crippen MR) is 63.1 cm³/mol. The second-order valence-corrected chi connectivity index (χ2v) is 3.07. The van der Waals surface area contributed by atoms with E-state index in [1.807, 2.05) is 0 Å². The number of carbonyl (C=O) groups excluding carboxylic acids is 1. The highest BCUT2D eigenvalue weighted by molar-refractivity contribution is 5.94. The number of methoxy groups -OCH3 is 1. The molecule has 2 N–H and O–H groups in total. The molecule has 1 aromatic carbocycles. The van der Waals surface area contributed by atoms with Gasteiger partial charge in [0.1, 0.15) is 6.73 Å². The maximum Gasteiger partial charge on any atom is 0.253 e. The van der Waals surface area contributed by atoms with Crippen molar-refractivity contribution in [2.45, 2.75) is 0 Å². The molecule has 0 atom stereocenters. The van der Waals surface area contributed by atoms with E-state index in [9.17, 15) is 4.79 Å². The van der Waals surface area contributed by atoms with Crippen molar-refractivity contribution in [3.8, 4) is 12.3 Å². The zero-order chi connectivity index (χ0) is 11.8. The van der Waals surface area contributed by atoms with E-state index in [-0.39, 0.29) is 12.6 Å². The lowest BCUT2D eigenvalue weighted by molar-refractivity contribution is 0.0872. The summed E-state index contributed by atoms with van der Waals surface area (Å²) in [5, 5.41) is 5.61. The third-order valence-electron chi connectivity index (χ3n) is 1.92. The van der Waals surface area contributed by atoms with Crippen LogP contribution in [0.5, 0.6) is 0 Å². The number of hydrogen-bond donors (Lipinski definition) is 2. The van der Waals surface area contributed by atoms with E-state index < -0.39 is 0 Å². The van der Waals surface area contributed by atoms with Crippen LogP contribution < -0.4 is 10.6 Å². The van der Waals surface area contributed by atoms with Gasteiger partial charge >= 0.3 is 0 Å². The average Bonchev–Trinajstić information content (AvgIpc) is 2.34. The van der Waals surface area contributed by atoms with Crippen molar-refractivity contribution < 1.29 is 9.53 Å². The first-order valence-corrected chi connectivity index (χ1v) is 4.82. The molecule has 0 aliphatic heterocycles. The van der Waals surface area contributed by atoms with Gasteiger partial charge in [-0.3, -0.25) is 4.79 Å². The van der Waals surface area contributed by atoms with Crippen LogP contribution in [-0.2, 0) is 4.74 Å². The molecule has 0 aliphatic carbocycles. The summed E-state index contributed by atoms with van der Waals surface area (Å²) < 4.78 is 4.74. The standard InChI is InChI=1S/C12H14N2O2/c1-3-8-13-11-6-4-10(5-7-11)12(15)14-9-16-2/h1,4-7,13H,8-9H2,2H3,(H,14,15). The van der Waals surface area contributed by atoms with Gasteiger partial charge in [0.25, 0.3) is 5.91 Å². The Morgan fingerprint density at radius 3 is 2.69 bits per heavy atom. The van der Waals surface area contributed by atoms with Crippen molar-refractivity contribution in [2.24, 2.45) is 0 Å². The molecule has 4 nitrogen and oxygen atoms in total. The Morgan fingerprint density at radius 2 is 2.12 bits per heavy atom. The van der Waals surface area contributed by atoms with Gasteiger partial charge in [-0.05, 0) is 24.3 Å². The Hall–Kier alpha value is -1.99. The van der Waals surface area contributed by atoms with Gasteiger partial charge in [-0.1, -0.05) is 5.92 Å². The maximum atomic E-state index is 11.5. The van der Waals surface area contributed by atoms with Crippen molar-refractivity contribution in [1.82, 2.24) is 5.32 Å². The molecule has 0 bridgehead atoms. The third-order valence-corrected chi connectivity index (χ3v) is 1.92. The van der Waals surface area contributed by atoms with Gasteiger partial charge in [-0.15, -0.1) is 6.42 Å². The lowest BCUT2D eigenvalue weighted by atomic mass is 10.2. The fourth-order valence-corrected chi connectivity index (χ4v) is 1.13. The van der Waals surface area contributed by atoms with Crippen molar-refractivity contribution in [3.05, 3.63) is 29.8 Å². The molecule has 0 aromatic heterocycles. The first-order valence-electron chi connectivity index (χ1n) is 4.82. The minimum atomic E-state index is -0.162. The monoisotopic (exact) mass is 218 g/mol. The van der Waals surface area contributed by atoms with Crippen molar-refractivity contribution in [2.75, 3.05) is 25.7 Å². The molecule has 1 amide bonds.